The lowest BCUT2D eigenvalue weighted by molar-refractivity contribution is 0.245. The van der Waals surface area contributed by atoms with E-state index in [0.29, 0.717) is 0 Å². The fourth-order valence-corrected chi connectivity index (χ4v) is 2.73. The highest BCUT2D eigenvalue weighted by Crippen LogP contribution is 2.28. The monoisotopic (exact) mass is 153 g/mol. The molecule has 2 fully saturated rings. The number of nitrogens with zero attached hydrogens (tertiary/aromatic N) is 1. The molecule has 0 aromatic rings. The molecule has 0 amide bonds. The van der Waals surface area contributed by atoms with Crippen LogP contribution in [0.1, 0.15) is 32.6 Å². The van der Waals surface area contributed by atoms with Gasteiger partial charge in [0.2, 0.25) is 0 Å². The molecule has 0 radical (unpaired) electrons. The first-order chi connectivity index (χ1) is 5.34. The molecule has 3 atom stereocenters. The summed E-state index contributed by atoms with van der Waals surface area (Å²) in [5.41, 5.74) is 0. The third-order valence-corrected chi connectivity index (χ3v) is 3.25. The summed E-state index contributed by atoms with van der Waals surface area (Å²) in [6.07, 6.45) is 5.93. The molecule has 11 heavy (non-hydrogen) atoms. The van der Waals surface area contributed by atoms with Crippen LogP contribution in [0.15, 0.2) is 0 Å². The minimum Gasteiger partial charge on any atom is -0.303 e. The van der Waals surface area contributed by atoms with Gasteiger partial charge in [-0.15, -0.1) is 0 Å². The first-order valence-electron chi connectivity index (χ1n) is 5.07. The van der Waals surface area contributed by atoms with Gasteiger partial charge in [-0.1, -0.05) is 6.92 Å². The average molecular weight is 153 g/mol. The highest BCUT2D eigenvalue weighted by molar-refractivity contribution is 4.77. The summed E-state index contributed by atoms with van der Waals surface area (Å²) in [4.78, 5) is 2.66. The Morgan fingerprint density at radius 2 is 2.09 bits per heavy atom. The Kier molecular flexibility index (Phi) is 2.17. The Labute approximate surface area is 69.8 Å². The van der Waals surface area contributed by atoms with E-state index in [0.717, 1.165) is 11.8 Å². The molecule has 0 spiro atoms. The lowest BCUT2D eigenvalue weighted by atomic mass is 9.90. The molecule has 2 saturated heterocycles. The van der Waals surface area contributed by atoms with Crippen LogP contribution in [-0.2, 0) is 0 Å². The predicted octanol–water partition coefficient (Wildman–Crippen LogP) is 2.13. The van der Waals surface area contributed by atoms with Crippen molar-refractivity contribution in [3.05, 3.63) is 0 Å². The number of rotatable bonds is 0. The zero-order valence-corrected chi connectivity index (χ0v) is 7.55. The molecule has 2 rings (SSSR count). The van der Waals surface area contributed by atoms with E-state index in [2.05, 4.69) is 11.8 Å². The van der Waals surface area contributed by atoms with Gasteiger partial charge in [-0.3, -0.25) is 0 Å². The first kappa shape index (κ1) is 7.60. The van der Waals surface area contributed by atoms with Crippen LogP contribution in [-0.4, -0.2) is 24.5 Å². The Hall–Kier alpha value is -0.0400. The minimum absolute atomic E-state index is 0.961. The molecule has 0 N–H and O–H groups in total. The van der Waals surface area contributed by atoms with Crippen molar-refractivity contribution in [3.8, 4) is 0 Å². The van der Waals surface area contributed by atoms with Crippen molar-refractivity contribution in [2.75, 3.05) is 19.6 Å². The van der Waals surface area contributed by atoms with Crippen molar-refractivity contribution in [2.24, 2.45) is 11.8 Å². The summed E-state index contributed by atoms with van der Waals surface area (Å²) < 4.78 is 0. The van der Waals surface area contributed by atoms with E-state index in [1.165, 1.54) is 45.3 Å². The Morgan fingerprint density at radius 3 is 3.00 bits per heavy atom. The highest BCUT2D eigenvalue weighted by atomic mass is 15.1. The zero-order valence-electron chi connectivity index (χ0n) is 7.55. The van der Waals surface area contributed by atoms with Gasteiger partial charge in [0.1, 0.15) is 0 Å². The van der Waals surface area contributed by atoms with Gasteiger partial charge in [-0.25, -0.2) is 0 Å². The van der Waals surface area contributed by atoms with Crippen LogP contribution in [0.3, 0.4) is 0 Å². The summed E-state index contributed by atoms with van der Waals surface area (Å²) in [7, 11) is 0. The fraction of sp³-hybridized carbons (Fsp3) is 1.00. The third-order valence-electron chi connectivity index (χ3n) is 3.25. The minimum atomic E-state index is 0.961. The van der Waals surface area contributed by atoms with Gasteiger partial charge in [0.25, 0.3) is 0 Å². The van der Waals surface area contributed by atoms with E-state index in [1.54, 1.807) is 0 Å². The van der Waals surface area contributed by atoms with Crippen LogP contribution in [0.2, 0.25) is 0 Å². The second-order valence-corrected chi connectivity index (χ2v) is 4.44. The van der Waals surface area contributed by atoms with Gasteiger partial charge in [0.05, 0.1) is 0 Å². The maximum atomic E-state index is 2.66. The number of hydrogen-bond acceptors (Lipinski definition) is 1. The zero-order chi connectivity index (χ0) is 7.68. The van der Waals surface area contributed by atoms with E-state index < -0.39 is 0 Å². The molecule has 1 heteroatoms. The molecule has 2 aliphatic heterocycles. The van der Waals surface area contributed by atoms with Gasteiger partial charge in [0.15, 0.2) is 0 Å². The molecule has 64 valence electrons. The predicted molar refractivity (Wildman–Crippen MR) is 47.6 cm³/mol. The molecule has 2 aliphatic rings. The SMILES string of the molecule is CC1CC2CCCN(CC2)C1. The largest absolute Gasteiger partial charge is 0.303 e. The quantitative estimate of drug-likeness (QED) is 0.515. The van der Waals surface area contributed by atoms with Gasteiger partial charge >= 0.3 is 0 Å². The van der Waals surface area contributed by atoms with Gasteiger partial charge < -0.3 is 4.90 Å². The molecule has 2 heterocycles. The van der Waals surface area contributed by atoms with E-state index >= 15 is 0 Å². The van der Waals surface area contributed by atoms with Gasteiger partial charge in [-0.05, 0) is 50.6 Å². The summed E-state index contributed by atoms with van der Waals surface area (Å²) in [6.45, 7) is 6.54. The summed E-state index contributed by atoms with van der Waals surface area (Å²) in [5.74, 6) is 2.03. The average Bonchev–Trinajstić information content (AvgIpc) is 2.19. The standard InChI is InChI=1S/C10H19N/c1-9-7-10-3-2-5-11(8-9)6-4-10/h9-10H,2-8H2,1H3. The van der Waals surface area contributed by atoms with Crippen LogP contribution in [0, 0.1) is 11.8 Å². The van der Waals surface area contributed by atoms with Crippen LogP contribution in [0.4, 0.5) is 0 Å². The Morgan fingerprint density at radius 1 is 1.18 bits per heavy atom. The molecule has 0 aromatic carbocycles. The van der Waals surface area contributed by atoms with Crippen molar-refractivity contribution in [1.29, 1.82) is 0 Å². The number of fused-ring (bicyclic) bond motifs is 3. The molecule has 0 aromatic heterocycles. The Balaban J connectivity index is 2.04. The number of hydrogen-bond donors (Lipinski definition) is 0. The topological polar surface area (TPSA) is 3.24 Å². The van der Waals surface area contributed by atoms with Crippen molar-refractivity contribution >= 4 is 0 Å². The molecular formula is C10H19N. The molecule has 3 unspecified atom stereocenters. The second-order valence-electron chi connectivity index (χ2n) is 4.44. The van der Waals surface area contributed by atoms with Crippen molar-refractivity contribution in [2.45, 2.75) is 32.6 Å². The molecular weight excluding hydrogens is 134 g/mol. The molecule has 0 aliphatic carbocycles. The summed E-state index contributed by atoms with van der Waals surface area (Å²) in [5, 5.41) is 0. The van der Waals surface area contributed by atoms with E-state index in [9.17, 15) is 0 Å². The fourth-order valence-electron chi connectivity index (χ4n) is 2.73. The third kappa shape index (κ3) is 1.76. The molecule has 2 bridgehead atoms. The second kappa shape index (κ2) is 3.14. The Bertz CT molecular complexity index is 119. The molecule has 0 saturated carbocycles. The van der Waals surface area contributed by atoms with Crippen molar-refractivity contribution < 1.29 is 0 Å². The van der Waals surface area contributed by atoms with E-state index in [1.807, 2.05) is 0 Å². The van der Waals surface area contributed by atoms with Crippen LogP contribution in [0.25, 0.3) is 0 Å². The van der Waals surface area contributed by atoms with Crippen molar-refractivity contribution in [1.82, 2.24) is 4.90 Å². The lowest BCUT2D eigenvalue weighted by Gasteiger charge is -2.23. The van der Waals surface area contributed by atoms with Crippen LogP contribution >= 0.6 is 0 Å². The molecule has 1 nitrogen and oxygen atoms in total. The van der Waals surface area contributed by atoms with Gasteiger partial charge in [-0.2, -0.15) is 0 Å². The van der Waals surface area contributed by atoms with Crippen LogP contribution < -0.4 is 0 Å². The van der Waals surface area contributed by atoms with Gasteiger partial charge in [0, 0.05) is 6.54 Å². The maximum Gasteiger partial charge on any atom is 0.000712 e. The lowest BCUT2D eigenvalue weighted by Crippen LogP contribution is -2.28. The normalized spacial score (nSPS) is 45.0. The smallest absolute Gasteiger partial charge is 0.000712 e. The van der Waals surface area contributed by atoms with Crippen LogP contribution in [0.5, 0.6) is 0 Å². The maximum absolute atomic E-state index is 2.66. The van der Waals surface area contributed by atoms with E-state index in [4.69, 9.17) is 0 Å². The summed E-state index contributed by atoms with van der Waals surface area (Å²) in [6, 6.07) is 0. The highest BCUT2D eigenvalue weighted by Gasteiger charge is 2.24. The first-order valence-corrected chi connectivity index (χ1v) is 5.07. The van der Waals surface area contributed by atoms with E-state index in [-0.39, 0.29) is 0 Å². The summed E-state index contributed by atoms with van der Waals surface area (Å²) >= 11 is 0. The van der Waals surface area contributed by atoms with Crippen molar-refractivity contribution in [3.63, 3.8) is 0 Å².